The van der Waals surface area contributed by atoms with Crippen molar-refractivity contribution in [2.75, 3.05) is 0 Å². The van der Waals surface area contributed by atoms with Crippen LogP contribution < -0.4 is 190 Å². The standard InChI is InChI=1S/C20H24O20P4.8Li/c21-13(11-7-3-1-4-8-11)19(23)15(37-41(25,26)27)17(39-43(31,32)33)20(24,14(22)12-9-5-2-6-10-12)18(40-44(34,35)36)16(19)38-42(28,29)30;;;;;;;;/h1-10,15-18,23-24H,(H2,25,26,27)(H2,28,29,30)(H2,31,32,33)(H2,34,35,36);;;;;;;;/q;8*+1/p-8/t15-,16-,17-,18+,19+,20+;;;;;;;;/m1......../s1. The summed E-state index contributed by atoms with van der Waals surface area (Å²) in [7, 11) is -27.0. The first-order chi connectivity index (χ1) is 19.9. The molecule has 244 valence electrons. The van der Waals surface area contributed by atoms with Gasteiger partial charge in [0.1, 0.15) is 24.4 Å². The van der Waals surface area contributed by atoms with Crippen LogP contribution in [0, 0.1) is 0 Å². The molecule has 0 saturated heterocycles. The number of ketones is 2. The molecule has 20 nitrogen and oxygen atoms in total. The van der Waals surface area contributed by atoms with Crippen molar-refractivity contribution in [3.63, 3.8) is 0 Å². The van der Waals surface area contributed by atoms with E-state index in [4.69, 9.17) is 0 Å². The molecule has 0 radical (unpaired) electrons. The quantitative estimate of drug-likeness (QED) is 0.115. The molecule has 2 aromatic carbocycles. The molecule has 32 heteroatoms. The van der Waals surface area contributed by atoms with Gasteiger partial charge in [-0.15, -0.1) is 0 Å². The van der Waals surface area contributed by atoms with Crippen LogP contribution in [0.15, 0.2) is 60.7 Å². The predicted octanol–water partition coefficient (Wildman–Crippen LogP) is -29.9. The number of phosphoric acid groups is 4. The molecule has 0 bridgehead atoms. The Balaban J connectivity index is -0.000000661. The monoisotopic (exact) mass is 756 g/mol. The smallest absolute Gasteiger partial charge is 0.790 e. The zero-order valence-corrected chi connectivity index (χ0v) is 32.7. The minimum absolute atomic E-state index is 0. The largest absolute Gasteiger partial charge is 1.00 e. The van der Waals surface area contributed by atoms with E-state index in [9.17, 15) is 77.2 Å². The van der Waals surface area contributed by atoms with E-state index in [1.54, 1.807) is 0 Å². The molecule has 2 aromatic rings. The number of phosphoric ester groups is 4. The van der Waals surface area contributed by atoms with Gasteiger partial charge in [0.2, 0.25) is 0 Å². The van der Waals surface area contributed by atoms with Crippen LogP contribution in [0.5, 0.6) is 0 Å². The van der Waals surface area contributed by atoms with E-state index in [-0.39, 0.29) is 151 Å². The fourth-order valence-corrected chi connectivity index (χ4v) is 6.70. The van der Waals surface area contributed by atoms with Crippen LogP contribution in [0.3, 0.4) is 0 Å². The van der Waals surface area contributed by atoms with Crippen molar-refractivity contribution >= 4 is 42.9 Å². The number of rotatable bonds is 12. The molecule has 1 saturated carbocycles. The molecule has 1 fully saturated rings. The number of benzene rings is 2. The number of aliphatic hydroxyl groups is 2. The molecular formula is C20H16Li8O20P4. The normalized spacial score (nSPS) is 24.0. The molecule has 0 spiro atoms. The average Bonchev–Trinajstić information content (AvgIpc) is 2.89. The maximum Gasteiger partial charge on any atom is 1.00 e. The summed E-state index contributed by atoms with van der Waals surface area (Å²) in [6.07, 6.45) is -14.9. The van der Waals surface area contributed by atoms with E-state index in [0.717, 1.165) is 48.5 Å². The number of carbonyl (C=O) groups is 2. The molecule has 1 aliphatic carbocycles. The minimum Gasteiger partial charge on any atom is -0.790 e. The second-order valence-corrected chi connectivity index (χ2v) is 13.4. The molecular weight excluding hydrogens is 740 g/mol. The summed E-state index contributed by atoms with van der Waals surface area (Å²) < 4.78 is 63.5. The third kappa shape index (κ3) is 17.3. The number of hydrogen-bond donors (Lipinski definition) is 2. The van der Waals surface area contributed by atoms with Gasteiger partial charge in [-0.3, -0.25) is 9.59 Å². The van der Waals surface area contributed by atoms with E-state index in [2.05, 4.69) is 18.1 Å². The van der Waals surface area contributed by atoms with E-state index >= 15 is 0 Å². The van der Waals surface area contributed by atoms with Gasteiger partial charge >= 0.3 is 151 Å². The maximum absolute atomic E-state index is 13.7. The maximum atomic E-state index is 13.7. The second-order valence-electron chi connectivity index (χ2n) is 8.93. The van der Waals surface area contributed by atoms with Gasteiger partial charge in [0, 0.05) is 11.1 Å². The van der Waals surface area contributed by atoms with Gasteiger partial charge in [0.15, 0.2) is 22.8 Å². The van der Waals surface area contributed by atoms with Crippen molar-refractivity contribution < 1.29 is 246 Å². The Morgan fingerprint density at radius 2 is 0.615 bits per heavy atom. The fourth-order valence-electron chi connectivity index (χ4n) is 4.50. The Morgan fingerprint density at radius 1 is 0.442 bits per heavy atom. The van der Waals surface area contributed by atoms with E-state index < -0.39 is 89.6 Å². The molecule has 0 aromatic heterocycles. The molecule has 2 N–H and O–H groups in total. The van der Waals surface area contributed by atoms with E-state index in [1.807, 2.05) is 0 Å². The van der Waals surface area contributed by atoms with Crippen LogP contribution in [-0.4, -0.2) is 57.4 Å². The van der Waals surface area contributed by atoms with Crippen LogP contribution in [0.1, 0.15) is 20.7 Å². The Hall–Kier alpha value is 2.92. The molecule has 0 unspecified atom stereocenters. The summed E-state index contributed by atoms with van der Waals surface area (Å²) >= 11 is 0. The minimum atomic E-state index is -6.75. The van der Waals surface area contributed by atoms with Crippen LogP contribution in [0.4, 0.5) is 0 Å². The first-order valence-corrected chi connectivity index (χ1v) is 17.2. The van der Waals surface area contributed by atoms with Crippen LogP contribution in [0.2, 0.25) is 0 Å². The van der Waals surface area contributed by atoms with Crippen molar-refractivity contribution in [1.29, 1.82) is 0 Å². The second kappa shape index (κ2) is 25.5. The fraction of sp³-hybridized carbons (Fsp3) is 0.300. The zero-order valence-electron chi connectivity index (χ0n) is 29.1. The van der Waals surface area contributed by atoms with Crippen molar-refractivity contribution in [3.05, 3.63) is 71.8 Å². The van der Waals surface area contributed by atoms with Gasteiger partial charge < -0.3 is 85.7 Å². The molecule has 0 aliphatic heterocycles. The Kier molecular flexibility index (Phi) is 32.7. The predicted molar refractivity (Wildman–Crippen MR) is 121 cm³/mol. The molecule has 3 rings (SSSR count). The van der Waals surface area contributed by atoms with Crippen LogP contribution in [-0.2, 0) is 36.4 Å². The van der Waals surface area contributed by atoms with Crippen molar-refractivity contribution in [3.8, 4) is 0 Å². The summed E-state index contributed by atoms with van der Waals surface area (Å²) in [5.74, 6) is -4.19. The summed E-state index contributed by atoms with van der Waals surface area (Å²) in [6, 6.07) is 9.82. The van der Waals surface area contributed by atoms with E-state index in [0.29, 0.717) is 0 Å². The average molecular weight is 756 g/mol. The number of Topliss-reactive ketones (excluding diaryl/α,β-unsaturated/α-hetero) is 2. The topological polar surface area (TPSA) is 364 Å². The van der Waals surface area contributed by atoms with Gasteiger partial charge in [-0.2, -0.15) is 0 Å². The first kappa shape index (κ1) is 66.7. The molecule has 6 atom stereocenters. The molecule has 0 heterocycles. The summed E-state index contributed by atoms with van der Waals surface area (Å²) in [4.78, 5) is 122. The molecule has 0 amide bonds. The van der Waals surface area contributed by atoms with Gasteiger partial charge in [0.05, 0.1) is 31.3 Å². The Morgan fingerprint density at radius 3 is 0.769 bits per heavy atom. The van der Waals surface area contributed by atoms with Crippen molar-refractivity contribution in [2.45, 2.75) is 35.6 Å². The number of carbonyl (C=O) groups excluding carboxylic acids is 2. The third-order valence-corrected chi connectivity index (χ3v) is 8.00. The van der Waals surface area contributed by atoms with Crippen molar-refractivity contribution in [1.82, 2.24) is 0 Å². The Labute approximate surface area is 392 Å². The van der Waals surface area contributed by atoms with Gasteiger partial charge in [-0.1, -0.05) is 60.7 Å². The summed E-state index contributed by atoms with van der Waals surface area (Å²) in [5.41, 5.74) is -10.5. The summed E-state index contributed by atoms with van der Waals surface area (Å²) in [6.45, 7) is 0. The molecule has 52 heavy (non-hydrogen) atoms. The first-order valence-electron chi connectivity index (χ1n) is 11.4. The SMILES string of the molecule is O=C(c1ccccc1)[C@]1(O)[C@H](OP(=O)([O-])[O-])[C@@H](OP(=O)([O-])[O-])[C@@](O)(C(=O)c2ccccc2)[C@@H](OP(=O)([O-])[O-])[C@H]1OP(=O)([O-])[O-].[Li+].[Li+].[Li+].[Li+].[Li+].[Li+].[Li+].[Li+]. The van der Waals surface area contributed by atoms with Crippen LogP contribution >= 0.6 is 31.3 Å². The number of hydrogen-bond acceptors (Lipinski definition) is 20. The Bertz CT molecular complexity index is 1410. The zero-order chi connectivity index (χ0) is 33.5. The van der Waals surface area contributed by atoms with Gasteiger partial charge in [0.25, 0.3) is 0 Å². The van der Waals surface area contributed by atoms with Crippen LogP contribution in [0.25, 0.3) is 0 Å². The third-order valence-electron chi connectivity index (χ3n) is 6.06. The molecule has 1 aliphatic rings. The van der Waals surface area contributed by atoms with Crippen molar-refractivity contribution in [2.24, 2.45) is 0 Å². The summed E-state index contributed by atoms with van der Waals surface area (Å²) in [5, 5.41) is 23.4. The van der Waals surface area contributed by atoms with Gasteiger partial charge in [-0.05, 0) is 0 Å². The van der Waals surface area contributed by atoms with Gasteiger partial charge in [-0.25, -0.2) is 0 Å². The van der Waals surface area contributed by atoms with E-state index in [1.165, 1.54) is 12.1 Å².